The van der Waals surface area contributed by atoms with Crippen LogP contribution in [0.15, 0.2) is 34.9 Å². The SMILES string of the molecule is CC(C)(C)Cc1cc(NC(=O)Cc2ccc(C(O)C(C#N)C#N)cc2)on1. The van der Waals surface area contributed by atoms with Crippen molar-refractivity contribution in [2.45, 2.75) is 39.7 Å². The Morgan fingerprint density at radius 1 is 1.26 bits per heavy atom. The number of nitrogens with one attached hydrogen (secondary N) is 1. The molecule has 0 aliphatic rings. The molecule has 0 fully saturated rings. The zero-order valence-corrected chi connectivity index (χ0v) is 15.6. The fourth-order valence-corrected chi connectivity index (χ4v) is 2.56. The van der Waals surface area contributed by atoms with E-state index < -0.39 is 12.0 Å². The lowest BCUT2D eigenvalue weighted by Gasteiger charge is -2.14. The number of aromatic nitrogens is 1. The van der Waals surface area contributed by atoms with Gasteiger partial charge in [0.25, 0.3) is 0 Å². The Hall–Kier alpha value is -3.16. The maximum atomic E-state index is 12.2. The fourth-order valence-electron chi connectivity index (χ4n) is 2.56. The summed E-state index contributed by atoms with van der Waals surface area (Å²) in [7, 11) is 0. The van der Waals surface area contributed by atoms with Crippen molar-refractivity contribution in [1.29, 1.82) is 10.5 Å². The summed E-state index contributed by atoms with van der Waals surface area (Å²) in [6.07, 6.45) is -0.327. The van der Waals surface area contributed by atoms with Crippen LogP contribution < -0.4 is 5.32 Å². The molecule has 7 nitrogen and oxygen atoms in total. The molecule has 1 amide bonds. The average Bonchev–Trinajstić information content (AvgIpc) is 3.01. The molecule has 2 aromatic rings. The molecule has 1 atom stereocenters. The number of aliphatic hydroxyl groups excluding tert-OH is 1. The Bertz CT molecular complexity index is 852. The highest BCUT2D eigenvalue weighted by Gasteiger charge is 2.20. The molecule has 2 N–H and O–H groups in total. The Balaban J connectivity index is 1.95. The second kappa shape index (κ2) is 8.48. The van der Waals surface area contributed by atoms with Gasteiger partial charge >= 0.3 is 0 Å². The lowest BCUT2D eigenvalue weighted by molar-refractivity contribution is -0.115. The van der Waals surface area contributed by atoms with Gasteiger partial charge in [-0.3, -0.25) is 10.1 Å². The molecule has 0 spiro atoms. The average molecular weight is 366 g/mol. The van der Waals surface area contributed by atoms with E-state index in [-0.39, 0.29) is 17.7 Å². The van der Waals surface area contributed by atoms with Crippen LogP contribution in [0.4, 0.5) is 5.88 Å². The summed E-state index contributed by atoms with van der Waals surface area (Å²) in [6.45, 7) is 6.28. The number of carbonyl (C=O) groups is 1. The van der Waals surface area contributed by atoms with Gasteiger partial charge in [0.05, 0.1) is 24.3 Å². The summed E-state index contributed by atoms with van der Waals surface area (Å²) in [5, 5.41) is 34.3. The monoisotopic (exact) mass is 366 g/mol. The number of anilines is 1. The third-order valence-corrected chi connectivity index (χ3v) is 3.81. The van der Waals surface area contributed by atoms with Crippen molar-refractivity contribution in [1.82, 2.24) is 5.16 Å². The number of nitriles is 2. The highest BCUT2D eigenvalue weighted by molar-refractivity contribution is 5.91. The molecule has 0 saturated carbocycles. The first-order chi connectivity index (χ1) is 12.7. The van der Waals surface area contributed by atoms with Crippen LogP contribution in [0.5, 0.6) is 0 Å². The van der Waals surface area contributed by atoms with Crippen molar-refractivity contribution in [3.8, 4) is 12.1 Å². The van der Waals surface area contributed by atoms with Crippen molar-refractivity contribution in [3.05, 3.63) is 47.2 Å². The highest BCUT2D eigenvalue weighted by atomic mass is 16.5. The molecule has 2 rings (SSSR count). The lowest BCUT2D eigenvalue weighted by atomic mass is 9.91. The summed E-state index contributed by atoms with van der Waals surface area (Å²) in [5.41, 5.74) is 2.03. The molecule has 0 radical (unpaired) electrons. The largest absolute Gasteiger partial charge is 0.386 e. The van der Waals surface area contributed by atoms with Crippen molar-refractivity contribution < 1.29 is 14.4 Å². The standard InChI is InChI=1S/C20H22N4O3/c1-20(2,3)10-16-9-18(27-24-16)23-17(25)8-13-4-6-14(7-5-13)19(26)15(11-21)12-22/h4-7,9,15,19,26H,8,10H2,1-3H3,(H,23,25). The maximum Gasteiger partial charge on any atom is 0.231 e. The van der Waals surface area contributed by atoms with Crippen LogP contribution in [-0.2, 0) is 17.6 Å². The minimum Gasteiger partial charge on any atom is -0.386 e. The minimum absolute atomic E-state index is 0.0700. The molecule has 1 heterocycles. The van der Waals surface area contributed by atoms with Crippen LogP contribution in [0.2, 0.25) is 0 Å². The topological polar surface area (TPSA) is 123 Å². The van der Waals surface area contributed by atoms with E-state index >= 15 is 0 Å². The van der Waals surface area contributed by atoms with Crippen molar-refractivity contribution in [2.24, 2.45) is 11.3 Å². The second-order valence-electron chi connectivity index (χ2n) is 7.57. The van der Waals surface area contributed by atoms with Crippen LogP contribution >= 0.6 is 0 Å². The Morgan fingerprint density at radius 3 is 2.44 bits per heavy atom. The van der Waals surface area contributed by atoms with Gasteiger partial charge in [-0.2, -0.15) is 10.5 Å². The van der Waals surface area contributed by atoms with E-state index in [0.717, 1.165) is 17.7 Å². The maximum absolute atomic E-state index is 12.2. The Labute approximate surface area is 158 Å². The number of benzene rings is 1. The van der Waals surface area contributed by atoms with E-state index in [1.807, 2.05) is 0 Å². The van der Waals surface area contributed by atoms with Gasteiger partial charge in [0, 0.05) is 6.07 Å². The second-order valence-corrected chi connectivity index (χ2v) is 7.57. The van der Waals surface area contributed by atoms with Gasteiger partial charge in [-0.05, 0) is 23.0 Å². The van der Waals surface area contributed by atoms with Gasteiger partial charge < -0.3 is 9.63 Å². The van der Waals surface area contributed by atoms with Gasteiger partial charge in [0.2, 0.25) is 11.8 Å². The van der Waals surface area contributed by atoms with Gasteiger partial charge in [-0.25, -0.2) is 0 Å². The van der Waals surface area contributed by atoms with Crippen LogP contribution in [0.1, 0.15) is 43.7 Å². The number of amides is 1. The van der Waals surface area contributed by atoms with Gasteiger partial charge in [0.15, 0.2) is 5.92 Å². The molecular formula is C20H22N4O3. The molecule has 1 unspecified atom stereocenters. The van der Waals surface area contributed by atoms with Gasteiger partial charge in [-0.1, -0.05) is 50.2 Å². The van der Waals surface area contributed by atoms with Crippen molar-refractivity contribution in [3.63, 3.8) is 0 Å². The molecule has 140 valence electrons. The fraction of sp³-hybridized carbons (Fsp3) is 0.400. The molecule has 0 aliphatic carbocycles. The van der Waals surface area contributed by atoms with E-state index in [1.165, 1.54) is 0 Å². The van der Waals surface area contributed by atoms with Crippen LogP contribution in [0, 0.1) is 34.0 Å². The van der Waals surface area contributed by atoms with E-state index in [0.29, 0.717) is 11.4 Å². The van der Waals surface area contributed by atoms with E-state index in [9.17, 15) is 9.90 Å². The number of aliphatic hydroxyl groups is 1. The summed E-state index contributed by atoms with van der Waals surface area (Å²) in [6, 6.07) is 11.8. The van der Waals surface area contributed by atoms with E-state index in [4.69, 9.17) is 15.0 Å². The smallest absolute Gasteiger partial charge is 0.231 e. The number of carbonyl (C=O) groups excluding carboxylic acids is 1. The molecule has 0 bridgehead atoms. The highest BCUT2D eigenvalue weighted by Crippen LogP contribution is 2.23. The summed E-state index contributed by atoms with van der Waals surface area (Å²) in [4.78, 5) is 12.2. The summed E-state index contributed by atoms with van der Waals surface area (Å²) < 4.78 is 5.14. The Morgan fingerprint density at radius 2 is 1.89 bits per heavy atom. The third kappa shape index (κ3) is 5.95. The van der Waals surface area contributed by atoms with Gasteiger partial charge in [0.1, 0.15) is 6.10 Å². The third-order valence-electron chi connectivity index (χ3n) is 3.81. The lowest BCUT2D eigenvalue weighted by Crippen LogP contribution is -2.14. The molecule has 7 heteroatoms. The number of hydrogen-bond acceptors (Lipinski definition) is 6. The zero-order chi connectivity index (χ0) is 20.0. The van der Waals surface area contributed by atoms with E-state index in [1.54, 1.807) is 42.5 Å². The summed E-state index contributed by atoms with van der Waals surface area (Å²) >= 11 is 0. The van der Waals surface area contributed by atoms with Gasteiger partial charge in [-0.15, -0.1) is 0 Å². The first-order valence-electron chi connectivity index (χ1n) is 8.53. The van der Waals surface area contributed by atoms with E-state index in [2.05, 4.69) is 31.2 Å². The minimum atomic E-state index is -1.18. The van der Waals surface area contributed by atoms with Crippen molar-refractivity contribution >= 4 is 11.8 Å². The quantitative estimate of drug-likeness (QED) is 0.809. The summed E-state index contributed by atoms with van der Waals surface area (Å²) in [5.74, 6) is -1.08. The molecule has 0 aliphatic heterocycles. The molecule has 1 aromatic carbocycles. The Kier molecular flexibility index (Phi) is 6.33. The molecule has 1 aromatic heterocycles. The predicted molar refractivity (Wildman–Crippen MR) is 98.1 cm³/mol. The molecular weight excluding hydrogens is 344 g/mol. The first kappa shape index (κ1) is 20.2. The zero-order valence-electron chi connectivity index (χ0n) is 15.6. The molecule has 27 heavy (non-hydrogen) atoms. The van der Waals surface area contributed by atoms with Crippen LogP contribution in [-0.4, -0.2) is 16.2 Å². The molecule has 0 saturated heterocycles. The van der Waals surface area contributed by atoms with Crippen LogP contribution in [0.3, 0.4) is 0 Å². The number of nitrogens with zero attached hydrogens (tertiary/aromatic N) is 3. The normalized spacial score (nSPS) is 12.3. The number of rotatable bonds is 6. The van der Waals surface area contributed by atoms with Crippen LogP contribution in [0.25, 0.3) is 0 Å². The predicted octanol–water partition coefficient (Wildman–Crippen LogP) is 3.14. The number of hydrogen-bond donors (Lipinski definition) is 2. The van der Waals surface area contributed by atoms with Crippen molar-refractivity contribution in [2.75, 3.05) is 5.32 Å². The first-order valence-corrected chi connectivity index (χ1v) is 8.53.